The van der Waals surface area contributed by atoms with Gasteiger partial charge in [-0.25, -0.2) is 4.79 Å². The molecule has 8 nitrogen and oxygen atoms in total. The number of aliphatic carboxylic acids is 1. The fraction of sp³-hybridized carbons (Fsp3) is 0.400. The standard InChI is InChI=1S/C15H19NO7/c1-8(18)13(14(20)21)23-15(11(19)7-17)22-12-6-16-10-5-3-2-4-9(10)12/h2-6,8,11,13,15-19H,7H2,1H3,(H,20,21)/t8-,11-,13?,15?/m0/s1. The first-order valence-electron chi connectivity index (χ1n) is 7.02. The van der Waals surface area contributed by atoms with Gasteiger partial charge in [-0.15, -0.1) is 0 Å². The third-order valence-corrected chi connectivity index (χ3v) is 3.26. The van der Waals surface area contributed by atoms with E-state index < -0.39 is 37.2 Å². The topological polar surface area (TPSA) is 132 Å². The van der Waals surface area contributed by atoms with Crippen LogP contribution in [0.3, 0.4) is 0 Å². The van der Waals surface area contributed by atoms with E-state index in [9.17, 15) is 15.0 Å². The second-order valence-electron chi connectivity index (χ2n) is 5.07. The molecule has 0 saturated carbocycles. The van der Waals surface area contributed by atoms with E-state index in [2.05, 4.69) is 4.98 Å². The maximum absolute atomic E-state index is 11.1. The molecule has 5 N–H and O–H groups in total. The van der Waals surface area contributed by atoms with Gasteiger partial charge in [0.05, 0.1) is 12.7 Å². The molecule has 2 aromatic rings. The number of hydrogen-bond acceptors (Lipinski definition) is 6. The molecule has 0 amide bonds. The first kappa shape index (κ1) is 17.2. The molecule has 126 valence electrons. The molecular weight excluding hydrogens is 306 g/mol. The molecule has 2 unspecified atom stereocenters. The molecule has 0 aliphatic carbocycles. The van der Waals surface area contributed by atoms with Gasteiger partial charge >= 0.3 is 5.97 Å². The fourth-order valence-electron chi connectivity index (χ4n) is 2.07. The van der Waals surface area contributed by atoms with Crippen molar-refractivity contribution in [1.82, 2.24) is 4.98 Å². The van der Waals surface area contributed by atoms with Crippen LogP contribution in [0.1, 0.15) is 6.92 Å². The van der Waals surface area contributed by atoms with Crippen LogP contribution in [0.2, 0.25) is 0 Å². The number of carboxylic acids is 1. The number of aromatic nitrogens is 1. The van der Waals surface area contributed by atoms with Crippen LogP contribution in [0.5, 0.6) is 5.75 Å². The number of benzene rings is 1. The maximum atomic E-state index is 11.1. The molecule has 1 aromatic heterocycles. The van der Waals surface area contributed by atoms with E-state index in [0.717, 1.165) is 5.52 Å². The second kappa shape index (κ2) is 7.42. The summed E-state index contributed by atoms with van der Waals surface area (Å²) in [5.41, 5.74) is 0.782. The molecular formula is C15H19NO7. The summed E-state index contributed by atoms with van der Waals surface area (Å²) < 4.78 is 10.7. The Labute approximate surface area is 131 Å². The fourth-order valence-corrected chi connectivity index (χ4v) is 2.07. The molecule has 0 spiro atoms. The molecule has 1 aromatic carbocycles. The molecule has 0 radical (unpaired) electrons. The third-order valence-electron chi connectivity index (χ3n) is 3.26. The summed E-state index contributed by atoms with van der Waals surface area (Å²) in [5.74, 6) is -1.08. The SMILES string of the molecule is C[C@H](O)C(OC(Oc1c[nH]c2ccccc12)[C@@H](O)CO)C(=O)O. The Kier molecular flexibility index (Phi) is 5.56. The van der Waals surface area contributed by atoms with Crippen molar-refractivity contribution >= 4 is 16.9 Å². The molecule has 0 fully saturated rings. The lowest BCUT2D eigenvalue weighted by molar-refractivity contribution is -0.208. The number of para-hydroxylation sites is 1. The number of carbonyl (C=O) groups is 1. The number of nitrogens with one attached hydrogen (secondary N) is 1. The zero-order valence-electron chi connectivity index (χ0n) is 12.4. The average molecular weight is 325 g/mol. The smallest absolute Gasteiger partial charge is 0.335 e. The highest BCUT2D eigenvalue weighted by molar-refractivity contribution is 5.85. The number of carboxylic acid groups (broad SMARTS) is 1. The van der Waals surface area contributed by atoms with Gasteiger partial charge in [0.2, 0.25) is 6.29 Å². The van der Waals surface area contributed by atoms with Crippen molar-refractivity contribution < 1.29 is 34.7 Å². The van der Waals surface area contributed by atoms with Crippen LogP contribution in [-0.4, -0.2) is 62.6 Å². The lowest BCUT2D eigenvalue weighted by atomic mass is 10.2. The molecule has 0 saturated heterocycles. The predicted molar refractivity (Wildman–Crippen MR) is 80.0 cm³/mol. The zero-order chi connectivity index (χ0) is 17.0. The van der Waals surface area contributed by atoms with Crippen molar-refractivity contribution in [1.29, 1.82) is 0 Å². The molecule has 0 aliphatic heterocycles. The van der Waals surface area contributed by atoms with Gasteiger partial charge in [0.15, 0.2) is 6.10 Å². The Balaban J connectivity index is 2.23. The van der Waals surface area contributed by atoms with Crippen LogP contribution in [0.15, 0.2) is 30.5 Å². The first-order valence-corrected chi connectivity index (χ1v) is 7.02. The van der Waals surface area contributed by atoms with Crippen LogP contribution in [0.4, 0.5) is 0 Å². The highest BCUT2D eigenvalue weighted by atomic mass is 16.7. The average Bonchev–Trinajstić information content (AvgIpc) is 2.93. The summed E-state index contributed by atoms with van der Waals surface area (Å²) in [6, 6.07) is 7.20. The predicted octanol–water partition coefficient (Wildman–Crippen LogP) is 0.0766. The summed E-state index contributed by atoms with van der Waals surface area (Å²) in [6.45, 7) is 0.548. The van der Waals surface area contributed by atoms with Crippen LogP contribution in [-0.2, 0) is 9.53 Å². The van der Waals surface area contributed by atoms with Gasteiger partial charge in [0, 0.05) is 17.1 Å². The molecule has 23 heavy (non-hydrogen) atoms. The van der Waals surface area contributed by atoms with Crippen LogP contribution in [0, 0.1) is 0 Å². The third kappa shape index (κ3) is 3.99. The van der Waals surface area contributed by atoms with Crippen molar-refractivity contribution in [3.05, 3.63) is 30.5 Å². The van der Waals surface area contributed by atoms with E-state index in [-0.39, 0.29) is 0 Å². The Morgan fingerprint density at radius 3 is 2.61 bits per heavy atom. The number of aromatic amines is 1. The highest BCUT2D eigenvalue weighted by Gasteiger charge is 2.32. The van der Waals surface area contributed by atoms with Gasteiger partial charge in [0.25, 0.3) is 0 Å². The van der Waals surface area contributed by atoms with Gasteiger partial charge in [0.1, 0.15) is 11.9 Å². The Hall–Kier alpha value is -2.13. The van der Waals surface area contributed by atoms with Crippen molar-refractivity contribution in [3.63, 3.8) is 0 Å². The maximum Gasteiger partial charge on any atom is 0.335 e. The van der Waals surface area contributed by atoms with Gasteiger partial charge in [-0.3, -0.25) is 0 Å². The number of H-pyrrole nitrogens is 1. The quantitative estimate of drug-likeness (QED) is 0.434. The molecule has 4 atom stereocenters. The molecule has 0 aliphatic rings. The Morgan fingerprint density at radius 1 is 1.30 bits per heavy atom. The summed E-state index contributed by atoms with van der Waals surface area (Å²) in [4.78, 5) is 14.1. The normalized spacial score (nSPS) is 16.7. The van der Waals surface area contributed by atoms with E-state index in [4.69, 9.17) is 19.7 Å². The molecule has 2 rings (SSSR count). The molecule has 0 bridgehead atoms. The minimum absolute atomic E-state index is 0.327. The van der Waals surface area contributed by atoms with Crippen LogP contribution < -0.4 is 4.74 Å². The van der Waals surface area contributed by atoms with Gasteiger partial charge in [-0.1, -0.05) is 12.1 Å². The van der Waals surface area contributed by atoms with Crippen LogP contribution >= 0.6 is 0 Å². The number of aliphatic hydroxyl groups is 3. The van der Waals surface area contributed by atoms with E-state index >= 15 is 0 Å². The lowest BCUT2D eigenvalue weighted by Crippen LogP contribution is -2.45. The van der Waals surface area contributed by atoms with Gasteiger partial charge < -0.3 is 34.9 Å². The largest absolute Gasteiger partial charge is 0.479 e. The van der Waals surface area contributed by atoms with Crippen molar-refractivity contribution in [3.8, 4) is 5.75 Å². The van der Waals surface area contributed by atoms with Crippen LogP contribution in [0.25, 0.3) is 10.9 Å². The number of hydrogen-bond donors (Lipinski definition) is 5. The van der Waals surface area contributed by atoms with E-state index in [1.54, 1.807) is 12.1 Å². The van der Waals surface area contributed by atoms with E-state index in [0.29, 0.717) is 11.1 Å². The minimum Gasteiger partial charge on any atom is -0.479 e. The number of fused-ring (bicyclic) bond motifs is 1. The summed E-state index contributed by atoms with van der Waals surface area (Å²) >= 11 is 0. The lowest BCUT2D eigenvalue weighted by Gasteiger charge is -2.27. The minimum atomic E-state index is -1.61. The summed E-state index contributed by atoms with van der Waals surface area (Å²) in [7, 11) is 0. The second-order valence-corrected chi connectivity index (χ2v) is 5.07. The first-order chi connectivity index (χ1) is 10.9. The number of ether oxygens (including phenoxy) is 2. The Morgan fingerprint density at radius 2 is 2.00 bits per heavy atom. The van der Waals surface area contributed by atoms with Crippen molar-refractivity contribution in [2.24, 2.45) is 0 Å². The van der Waals surface area contributed by atoms with Crippen molar-refractivity contribution in [2.75, 3.05) is 6.61 Å². The molecule has 1 heterocycles. The summed E-state index contributed by atoms with van der Waals surface area (Å²) in [6.07, 6.45) is -4.35. The van der Waals surface area contributed by atoms with Crippen molar-refractivity contribution in [2.45, 2.75) is 31.5 Å². The molecule has 8 heteroatoms. The number of rotatable bonds is 8. The van der Waals surface area contributed by atoms with E-state index in [1.807, 2.05) is 12.1 Å². The number of aliphatic hydroxyl groups excluding tert-OH is 3. The monoisotopic (exact) mass is 325 g/mol. The van der Waals surface area contributed by atoms with Gasteiger partial charge in [-0.05, 0) is 19.1 Å². The van der Waals surface area contributed by atoms with Gasteiger partial charge in [-0.2, -0.15) is 0 Å². The summed E-state index contributed by atoms with van der Waals surface area (Å²) in [5, 5.41) is 38.2. The Bertz CT molecular complexity index is 654. The zero-order valence-corrected chi connectivity index (χ0v) is 12.4. The highest BCUT2D eigenvalue weighted by Crippen LogP contribution is 2.27. The van der Waals surface area contributed by atoms with E-state index in [1.165, 1.54) is 13.1 Å².